The first kappa shape index (κ1) is 20.5. The third kappa shape index (κ3) is 4.99. The average Bonchev–Trinajstić information content (AvgIpc) is 3.09. The number of ether oxygens (including phenoxy) is 1. The Morgan fingerprint density at radius 2 is 1.90 bits per heavy atom. The lowest BCUT2D eigenvalue weighted by Crippen LogP contribution is -2.37. The number of hydrogen-bond acceptors (Lipinski definition) is 4. The number of carbonyl (C=O) groups excluding carboxylic acids is 3. The van der Waals surface area contributed by atoms with Crippen LogP contribution in [0.3, 0.4) is 0 Å². The van der Waals surface area contributed by atoms with Crippen LogP contribution < -0.4 is 10.2 Å². The largest absolute Gasteiger partial charge is 0.452 e. The molecule has 0 aromatic heterocycles. The molecule has 0 radical (unpaired) electrons. The van der Waals surface area contributed by atoms with Gasteiger partial charge in [0, 0.05) is 19.5 Å². The van der Waals surface area contributed by atoms with Gasteiger partial charge in [0.25, 0.3) is 5.91 Å². The SMILES string of the molecule is Cc1ccc(CNC(=O)[C@@H](C)OC(=O)[C@@H]2CC(=O)N(c3ccccc3F)C2)cc1. The Kier molecular flexibility index (Phi) is 6.26. The highest BCUT2D eigenvalue weighted by Crippen LogP contribution is 2.28. The van der Waals surface area contributed by atoms with Gasteiger partial charge in [0.15, 0.2) is 6.10 Å². The Hall–Kier alpha value is -3.22. The molecule has 1 aliphatic heterocycles. The summed E-state index contributed by atoms with van der Waals surface area (Å²) < 4.78 is 19.2. The van der Waals surface area contributed by atoms with E-state index in [2.05, 4.69) is 5.32 Å². The van der Waals surface area contributed by atoms with Crippen molar-refractivity contribution in [3.8, 4) is 0 Å². The van der Waals surface area contributed by atoms with Crippen molar-refractivity contribution in [3.05, 3.63) is 65.5 Å². The molecule has 0 aliphatic carbocycles. The molecule has 1 aliphatic rings. The Morgan fingerprint density at radius 3 is 2.59 bits per heavy atom. The Morgan fingerprint density at radius 1 is 1.21 bits per heavy atom. The molecule has 7 heteroatoms. The number of aryl methyl sites for hydroxylation is 1. The molecule has 3 rings (SSSR count). The molecule has 2 amide bonds. The fourth-order valence-corrected chi connectivity index (χ4v) is 3.13. The lowest BCUT2D eigenvalue weighted by atomic mass is 10.1. The van der Waals surface area contributed by atoms with Gasteiger partial charge in [0.2, 0.25) is 5.91 Å². The number of nitrogens with one attached hydrogen (secondary N) is 1. The first-order valence-electron chi connectivity index (χ1n) is 9.44. The highest BCUT2D eigenvalue weighted by molar-refractivity contribution is 5.99. The van der Waals surface area contributed by atoms with Crippen LogP contribution in [-0.4, -0.2) is 30.4 Å². The monoisotopic (exact) mass is 398 g/mol. The maximum atomic E-state index is 13.9. The van der Waals surface area contributed by atoms with Crippen LogP contribution in [0.2, 0.25) is 0 Å². The molecule has 6 nitrogen and oxygen atoms in total. The molecule has 2 aromatic carbocycles. The van der Waals surface area contributed by atoms with E-state index in [1.165, 1.54) is 30.0 Å². The van der Waals surface area contributed by atoms with Crippen molar-refractivity contribution in [2.24, 2.45) is 5.92 Å². The van der Waals surface area contributed by atoms with Crippen LogP contribution in [0.5, 0.6) is 0 Å². The van der Waals surface area contributed by atoms with Gasteiger partial charge in [-0.1, -0.05) is 42.0 Å². The Bertz CT molecular complexity index is 913. The number of rotatable bonds is 6. The van der Waals surface area contributed by atoms with Crippen molar-refractivity contribution >= 4 is 23.5 Å². The van der Waals surface area contributed by atoms with Crippen molar-refractivity contribution in [2.75, 3.05) is 11.4 Å². The van der Waals surface area contributed by atoms with Crippen molar-refractivity contribution in [1.82, 2.24) is 5.32 Å². The van der Waals surface area contributed by atoms with Crippen molar-refractivity contribution in [3.63, 3.8) is 0 Å². The molecule has 0 unspecified atom stereocenters. The van der Waals surface area contributed by atoms with Crippen LogP contribution >= 0.6 is 0 Å². The predicted octanol–water partition coefficient (Wildman–Crippen LogP) is 2.74. The first-order valence-corrected chi connectivity index (χ1v) is 9.44. The van der Waals surface area contributed by atoms with E-state index in [4.69, 9.17) is 4.74 Å². The number of halogens is 1. The summed E-state index contributed by atoms with van der Waals surface area (Å²) in [5.74, 6) is -2.69. The van der Waals surface area contributed by atoms with E-state index in [0.29, 0.717) is 6.54 Å². The van der Waals surface area contributed by atoms with E-state index in [1.54, 1.807) is 6.07 Å². The van der Waals surface area contributed by atoms with Gasteiger partial charge in [-0.15, -0.1) is 0 Å². The predicted molar refractivity (Wildman–Crippen MR) is 105 cm³/mol. The van der Waals surface area contributed by atoms with Gasteiger partial charge in [0.1, 0.15) is 5.82 Å². The fraction of sp³-hybridized carbons (Fsp3) is 0.318. The molecule has 0 saturated carbocycles. The summed E-state index contributed by atoms with van der Waals surface area (Å²) in [6.45, 7) is 3.80. The molecular formula is C22H23FN2O4. The highest BCUT2D eigenvalue weighted by Gasteiger charge is 2.38. The minimum Gasteiger partial charge on any atom is -0.452 e. The maximum Gasteiger partial charge on any atom is 0.312 e. The molecule has 0 spiro atoms. The molecule has 1 saturated heterocycles. The van der Waals surface area contributed by atoms with Gasteiger partial charge < -0.3 is 15.0 Å². The standard InChI is InChI=1S/C22H23FN2O4/c1-14-7-9-16(10-8-14)12-24-21(27)15(2)29-22(28)17-11-20(26)25(13-17)19-6-4-3-5-18(19)23/h3-10,15,17H,11-13H2,1-2H3,(H,24,27)/t15-,17-/m1/s1. The molecule has 29 heavy (non-hydrogen) atoms. The Balaban J connectivity index is 1.53. The van der Waals surface area contributed by atoms with Crippen LogP contribution in [0.4, 0.5) is 10.1 Å². The van der Waals surface area contributed by atoms with Crippen LogP contribution in [-0.2, 0) is 25.7 Å². The number of hydrogen-bond donors (Lipinski definition) is 1. The molecule has 2 atom stereocenters. The first-order chi connectivity index (χ1) is 13.8. The van der Waals surface area contributed by atoms with E-state index in [1.807, 2.05) is 31.2 Å². The minimum absolute atomic E-state index is 0.0241. The van der Waals surface area contributed by atoms with Gasteiger partial charge >= 0.3 is 5.97 Å². The van der Waals surface area contributed by atoms with Crippen LogP contribution in [0, 0.1) is 18.7 Å². The van der Waals surface area contributed by atoms with Crippen LogP contribution in [0.25, 0.3) is 0 Å². The summed E-state index contributed by atoms with van der Waals surface area (Å²) in [4.78, 5) is 38.1. The van der Waals surface area contributed by atoms with Gasteiger partial charge in [-0.2, -0.15) is 0 Å². The summed E-state index contributed by atoms with van der Waals surface area (Å²) >= 11 is 0. The molecule has 1 fully saturated rings. The fourth-order valence-electron chi connectivity index (χ4n) is 3.13. The van der Waals surface area contributed by atoms with E-state index >= 15 is 0 Å². The Labute approximate surface area is 168 Å². The van der Waals surface area contributed by atoms with E-state index in [9.17, 15) is 18.8 Å². The average molecular weight is 398 g/mol. The number of para-hydroxylation sites is 1. The zero-order valence-corrected chi connectivity index (χ0v) is 16.4. The number of carbonyl (C=O) groups is 3. The molecular weight excluding hydrogens is 375 g/mol. The second kappa shape index (κ2) is 8.86. The third-order valence-electron chi connectivity index (χ3n) is 4.85. The summed E-state index contributed by atoms with van der Waals surface area (Å²) in [6.07, 6.45) is -1.07. The smallest absolute Gasteiger partial charge is 0.312 e. The second-order valence-electron chi connectivity index (χ2n) is 7.14. The van der Waals surface area contributed by atoms with Gasteiger partial charge in [-0.3, -0.25) is 14.4 Å². The molecule has 0 bridgehead atoms. The van der Waals surface area contributed by atoms with Gasteiger partial charge in [-0.25, -0.2) is 4.39 Å². The van der Waals surface area contributed by atoms with E-state index in [-0.39, 0.29) is 24.6 Å². The van der Waals surface area contributed by atoms with Crippen LogP contribution in [0.1, 0.15) is 24.5 Å². The quantitative estimate of drug-likeness (QED) is 0.760. The molecule has 2 aromatic rings. The van der Waals surface area contributed by atoms with Crippen LogP contribution in [0.15, 0.2) is 48.5 Å². The number of benzene rings is 2. The normalized spacial score (nSPS) is 17.1. The topological polar surface area (TPSA) is 75.7 Å². The van der Waals surface area contributed by atoms with Crippen molar-refractivity contribution in [2.45, 2.75) is 32.9 Å². The maximum absolute atomic E-state index is 13.9. The van der Waals surface area contributed by atoms with Gasteiger partial charge in [-0.05, 0) is 31.5 Å². The van der Waals surface area contributed by atoms with Crippen molar-refractivity contribution in [1.29, 1.82) is 0 Å². The summed E-state index contributed by atoms with van der Waals surface area (Å²) in [5.41, 5.74) is 2.19. The summed E-state index contributed by atoms with van der Waals surface area (Å²) in [6, 6.07) is 13.6. The second-order valence-corrected chi connectivity index (χ2v) is 7.14. The van der Waals surface area contributed by atoms with E-state index < -0.39 is 29.7 Å². The zero-order chi connectivity index (χ0) is 21.0. The lowest BCUT2D eigenvalue weighted by molar-refractivity contribution is -0.158. The molecule has 1 N–H and O–H groups in total. The number of amides is 2. The summed E-state index contributed by atoms with van der Waals surface area (Å²) in [7, 11) is 0. The number of anilines is 1. The number of nitrogens with zero attached hydrogens (tertiary/aromatic N) is 1. The summed E-state index contributed by atoms with van der Waals surface area (Å²) in [5, 5.41) is 2.72. The minimum atomic E-state index is -0.995. The zero-order valence-electron chi connectivity index (χ0n) is 16.4. The third-order valence-corrected chi connectivity index (χ3v) is 4.85. The van der Waals surface area contributed by atoms with Gasteiger partial charge in [0.05, 0.1) is 11.6 Å². The highest BCUT2D eigenvalue weighted by atomic mass is 19.1. The lowest BCUT2D eigenvalue weighted by Gasteiger charge is -2.18. The molecule has 152 valence electrons. The van der Waals surface area contributed by atoms with E-state index in [0.717, 1.165) is 11.1 Å². The van der Waals surface area contributed by atoms with Crippen molar-refractivity contribution < 1.29 is 23.5 Å². The molecule has 1 heterocycles. The number of esters is 1.